The van der Waals surface area contributed by atoms with Gasteiger partial charge in [0.05, 0.1) is 18.3 Å². The lowest BCUT2D eigenvalue weighted by Crippen LogP contribution is -2.05. The van der Waals surface area contributed by atoms with Crippen molar-refractivity contribution in [1.29, 1.82) is 0 Å². The average molecular weight is 261 g/mol. The van der Waals surface area contributed by atoms with Gasteiger partial charge < -0.3 is 5.43 Å². The Kier molecular flexibility index (Phi) is 3.69. The second-order valence-corrected chi connectivity index (χ2v) is 4.53. The summed E-state index contributed by atoms with van der Waals surface area (Å²) in [7, 11) is 0. The molecule has 1 aromatic heterocycles. The smallest absolute Gasteiger partial charge is 0.0702 e. The summed E-state index contributed by atoms with van der Waals surface area (Å²) in [5.41, 5.74) is 6.33. The van der Waals surface area contributed by atoms with Crippen molar-refractivity contribution in [3.63, 3.8) is 0 Å². The molecule has 1 heterocycles. The molecule has 0 aliphatic carbocycles. The molecule has 0 fully saturated rings. The number of hydrogen-bond donors (Lipinski definition) is 1. The van der Waals surface area contributed by atoms with Crippen molar-refractivity contribution in [2.75, 3.05) is 0 Å². The highest BCUT2D eigenvalue weighted by molar-refractivity contribution is 5.88. The fraction of sp³-hybridized carbons (Fsp3) is 0.0588. The van der Waals surface area contributed by atoms with E-state index in [1.165, 1.54) is 5.56 Å². The van der Waals surface area contributed by atoms with Crippen molar-refractivity contribution in [1.82, 2.24) is 10.4 Å². The number of aromatic nitrogens is 1. The van der Waals surface area contributed by atoms with E-state index >= 15 is 0 Å². The van der Waals surface area contributed by atoms with E-state index in [1.807, 2.05) is 42.6 Å². The predicted octanol–water partition coefficient (Wildman–Crippen LogP) is 3.36. The maximum atomic E-state index is 4.30. The number of hydrazone groups is 1. The van der Waals surface area contributed by atoms with Crippen LogP contribution in [0.3, 0.4) is 0 Å². The molecule has 0 saturated carbocycles. The summed E-state index contributed by atoms with van der Waals surface area (Å²) >= 11 is 0. The third-order valence-corrected chi connectivity index (χ3v) is 3.06. The number of rotatable bonds is 4. The molecule has 1 N–H and O–H groups in total. The lowest BCUT2D eigenvalue weighted by atomic mass is 10.1. The molecule has 3 rings (SSSR count). The normalized spacial score (nSPS) is 11.0. The molecule has 0 radical (unpaired) electrons. The van der Waals surface area contributed by atoms with Crippen LogP contribution in [0.15, 0.2) is 72.0 Å². The maximum absolute atomic E-state index is 4.30. The first kappa shape index (κ1) is 12.4. The molecular weight excluding hydrogens is 246 g/mol. The summed E-state index contributed by atoms with van der Waals surface area (Å²) in [6.45, 7) is 0.729. The summed E-state index contributed by atoms with van der Waals surface area (Å²) in [6, 6.07) is 20.3. The zero-order valence-corrected chi connectivity index (χ0v) is 11.0. The van der Waals surface area contributed by atoms with Crippen LogP contribution < -0.4 is 5.43 Å². The van der Waals surface area contributed by atoms with Gasteiger partial charge in [0.2, 0.25) is 0 Å². The summed E-state index contributed by atoms with van der Waals surface area (Å²) in [5.74, 6) is 0. The molecule has 0 aliphatic rings. The van der Waals surface area contributed by atoms with Gasteiger partial charge in [-0.3, -0.25) is 4.98 Å². The van der Waals surface area contributed by atoms with Gasteiger partial charge in [-0.05, 0) is 29.3 Å². The molecule has 20 heavy (non-hydrogen) atoms. The Morgan fingerprint density at radius 3 is 2.80 bits per heavy atom. The van der Waals surface area contributed by atoms with Crippen LogP contribution in [-0.4, -0.2) is 11.2 Å². The molecule has 0 bridgehead atoms. The molecule has 0 saturated heterocycles. The first-order chi connectivity index (χ1) is 9.92. The first-order valence-electron chi connectivity index (χ1n) is 6.56. The van der Waals surface area contributed by atoms with Gasteiger partial charge in [-0.25, -0.2) is 0 Å². The van der Waals surface area contributed by atoms with Crippen molar-refractivity contribution in [2.24, 2.45) is 5.10 Å². The van der Waals surface area contributed by atoms with Crippen molar-refractivity contribution >= 4 is 17.1 Å². The molecule has 0 spiro atoms. The van der Waals surface area contributed by atoms with Crippen LogP contribution in [0, 0.1) is 0 Å². The van der Waals surface area contributed by atoms with Gasteiger partial charge in [-0.1, -0.05) is 42.5 Å². The molecular formula is C17H15N3. The van der Waals surface area contributed by atoms with Crippen LogP contribution in [0.4, 0.5) is 0 Å². The molecule has 3 aromatic rings. The molecule has 2 aromatic carbocycles. The van der Waals surface area contributed by atoms with E-state index in [4.69, 9.17) is 0 Å². The van der Waals surface area contributed by atoms with Crippen LogP contribution in [0.2, 0.25) is 0 Å². The molecule has 0 unspecified atom stereocenters. The van der Waals surface area contributed by atoms with Gasteiger partial charge >= 0.3 is 0 Å². The Hall–Kier alpha value is -2.68. The Morgan fingerprint density at radius 1 is 1.00 bits per heavy atom. The van der Waals surface area contributed by atoms with Gasteiger partial charge in [0.15, 0.2) is 0 Å². The third kappa shape index (κ3) is 3.01. The number of nitrogens with zero attached hydrogens (tertiary/aromatic N) is 2. The Morgan fingerprint density at radius 2 is 1.90 bits per heavy atom. The second-order valence-electron chi connectivity index (χ2n) is 4.53. The van der Waals surface area contributed by atoms with Gasteiger partial charge in [0.1, 0.15) is 0 Å². The van der Waals surface area contributed by atoms with E-state index in [9.17, 15) is 0 Å². The van der Waals surface area contributed by atoms with Crippen molar-refractivity contribution in [3.8, 4) is 0 Å². The summed E-state index contributed by atoms with van der Waals surface area (Å²) in [4.78, 5) is 4.30. The lowest BCUT2D eigenvalue weighted by Gasteiger charge is -2.01. The molecule has 3 nitrogen and oxygen atoms in total. The van der Waals surface area contributed by atoms with Crippen molar-refractivity contribution in [3.05, 3.63) is 78.0 Å². The van der Waals surface area contributed by atoms with Crippen LogP contribution in [-0.2, 0) is 6.54 Å². The maximum Gasteiger partial charge on any atom is 0.0702 e. The predicted molar refractivity (Wildman–Crippen MR) is 82.6 cm³/mol. The van der Waals surface area contributed by atoms with E-state index in [-0.39, 0.29) is 0 Å². The summed E-state index contributed by atoms with van der Waals surface area (Å²) < 4.78 is 0. The number of benzene rings is 2. The first-order valence-corrected chi connectivity index (χ1v) is 6.56. The van der Waals surface area contributed by atoms with E-state index in [0.717, 1.165) is 23.0 Å². The highest BCUT2D eigenvalue weighted by Crippen LogP contribution is 2.11. The zero-order valence-electron chi connectivity index (χ0n) is 11.0. The van der Waals surface area contributed by atoms with Crippen LogP contribution >= 0.6 is 0 Å². The second kappa shape index (κ2) is 5.97. The minimum atomic E-state index is 0.729. The number of hydrogen-bond acceptors (Lipinski definition) is 3. The van der Waals surface area contributed by atoms with E-state index < -0.39 is 0 Å². The number of pyridine rings is 1. The van der Waals surface area contributed by atoms with Crippen molar-refractivity contribution < 1.29 is 0 Å². The lowest BCUT2D eigenvalue weighted by molar-refractivity contribution is 0.748. The summed E-state index contributed by atoms with van der Waals surface area (Å²) in [5, 5.41) is 5.37. The van der Waals surface area contributed by atoms with Gasteiger partial charge in [0, 0.05) is 11.6 Å². The van der Waals surface area contributed by atoms with E-state index in [1.54, 1.807) is 6.20 Å². The number of nitrogens with one attached hydrogen (secondary N) is 1. The fourth-order valence-corrected chi connectivity index (χ4v) is 2.03. The fourth-order valence-electron chi connectivity index (χ4n) is 2.03. The minimum Gasteiger partial charge on any atom is -0.306 e. The van der Waals surface area contributed by atoms with Gasteiger partial charge in [-0.15, -0.1) is 0 Å². The molecule has 0 aliphatic heterocycles. The third-order valence-electron chi connectivity index (χ3n) is 3.06. The quantitative estimate of drug-likeness (QED) is 0.577. The van der Waals surface area contributed by atoms with Crippen LogP contribution in [0.5, 0.6) is 0 Å². The van der Waals surface area contributed by atoms with Crippen LogP contribution in [0.25, 0.3) is 10.9 Å². The monoisotopic (exact) mass is 261 g/mol. The Labute approximate surface area is 118 Å². The Balaban J connectivity index is 1.65. The standard InChI is InChI=1S/C17H15N3/c1-2-5-14(6-3-1)12-19-20-13-15-8-9-17-16(11-15)7-4-10-18-17/h1-11,13,19H,12H2/b20-13-. The van der Waals surface area contributed by atoms with E-state index in [0.29, 0.717) is 0 Å². The molecule has 0 amide bonds. The zero-order chi connectivity index (χ0) is 13.6. The molecule has 0 atom stereocenters. The van der Waals surface area contributed by atoms with Gasteiger partial charge in [-0.2, -0.15) is 5.10 Å². The SMILES string of the molecule is C(=N/NCc1ccccc1)/c1ccc2ncccc2c1. The van der Waals surface area contributed by atoms with Gasteiger partial charge in [0.25, 0.3) is 0 Å². The van der Waals surface area contributed by atoms with Crippen molar-refractivity contribution in [2.45, 2.75) is 6.54 Å². The molecule has 3 heteroatoms. The highest BCUT2D eigenvalue weighted by Gasteiger charge is 1.94. The summed E-state index contributed by atoms with van der Waals surface area (Å²) in [6.07, 6.45) is 3.63. The number of fused-ring (bicyclic) bond motifs is 1. The highest BCUT2D eigenvalue weighted by atomic mass is 15.3. The minimum absolute atomic E-state index is 0.729. The van der Waals surface area contributed by atoms with E-state index in [2.05, 4.69) is 39.8 Å². The molecule has 98 valence electrons. The topological polar surface area (TPSA) is 37.3 Å². The van der Waals surface area contributed by atoms with Crippen LogP contribution in [0.1, 0.15) is 11.1 Å². The average Bonchev–Trinajstić information content (AvgIpc) is 2.52. The largest absolute Gasteiger partial charge is 0.306 e. The Bertz CT molecular complexity index is 720.